The first kappa shape index (κ1) is 13.1. The van der Waals surface area contributed by atoms with Crippen molar-refractivity contribution < 1.29 is 14.6 Å². The number of terminal acetylenes is 1. The van der Waals surface area contributed by atoms with Crippen LogP contribution in [0, 0.1) is 19.3 Å². The largest absolute Gasteiger partial charge is 0.483 e. The fourth-order valence-electron chi connectivity index (χ4n) is 1.32. The first-order chi connectivity index (χ1) is 8.17. The van der Waals surface area contributed by atoms with Gasteiger partial charge < -0.3 is 15.2 Å². The van der Waals surface area contributed by atoms with Gasteiger partial charge in [0.15, 0.2) is 6.61 Å². The van der Waals surface area contributed by atoms with Crippen LogP contribution in [0.5, 0.6) is 5.75 Å². The summed E-state index contributed by atoms with van der Waals surface area (Å²) in [5, 5.41) is 11.6. The van der Waals surface area contributed by atoms with Gasteiger partial charge in [-0.15, -0.1) is 6.42 Å². The van der Waals surface area contributed by atoms with E-state index >= 15 is 0 Å². The van der Waals surface area contributed by atoms with E-state index in [0.29, 0.717) is 11.3 Å². The Hall–Kier alpha value is -1.99. The standard InChI is InChI=1S/C13H15NO3/c1-3-6-14-13(16)9-17-12-5-4-10(2)7-11(12)8-15/h1,4-5,7,15H,6,8-9H2,2H3,(H,14,16). The number of carbonyl (C=O) groups is 1. The first-order valence-corrected chi connectivity index (χ1v) is 5.20. The second-order valence-corrected chi connectivity index (χ2v) is 3.54. The van der Waals surface area contributed by atoms with Crippen molar-refractivity contribution in [3.05, 3.63) is 29.3 Å². The number of aryl methyl sites for hydroxylation is 1. The second-order valence-electron chi connectivity index (χ2n) is 3.54. The molecule has 0 fully saturated rings. The molecule has 90 valence electrons. The van der Waals surface area contributed by atoms with Crippen molar-refractivity contribution in [3.8, 4) is 18.1 Å². The van der Waals surface area contributed by atoms with Crippen LogP contribution in [-0.2, 0) is 11.4 Å². The summed E-state index contributed by atoms with van der Waals surface area (Å²) in [6.45, 7) is 1.87. The van der Waals surface area contributed by atoms with Gasteiger partial charge >= 0.3 is 0 Å². The first-order valence-electron chi connectivity index (χ1n) is 5.20. The molecule has 0 heterocycles. The monoisotopic (exact) mass is 233 g/mol. The Morgan fingerprint density at radius 3 is 3.00 bits per heavy atom. The van der Waals surface area contributed by atoms with Crippen molar-refractivity contribution in [2.24, 2.45) is 0 Å². The van der Waals surface area contributed by atoms with Crippen molar-refractivity contribution in [1.82, 2.24) is 5.32 Å². The van der Waals surface area contributed by atoms with E-state index in [-0.39, 0.29) is 25.7 Å². The average Bonchev–Trinajstić information content (AvgIpc) is 2.34. The van der Waals surface area contributed by atoms with Gasteiger partial charge in [-0.3, -0.25) is 4.79 Å². The summed E-state index contributed by atoms with van der Waals surface area (Å²) in [7, 11) is 0. The van der Waals surface area contributed by atoms with E-state index in [1.54, 1.807) is 6.07 Å². The van der Waals surface area contributed by atoms with Gasteiger partial charge in [-0.05, 0) is 13.0 Å². The summed E-state index contributed by atoms with van der Waals surface area (Å²) < 4.78 is 5.30. The number of rotatable bonds is 5. The zero-order chi connectivity index (χ0) is 12.7. The molecule has 17 heavy (non-hydrogen) atoms. The zero-order valence-electron chi connectivity index (χ0n) is 9.69. The molecule has 0 saturated heterocycles. The number of benzene rings is 1. The predicted octanol–water partition coefficient (Wildman–Crippen LogP) is 0.616. The summed E-state index contributed by atoms with van der Waals surface area (Å²) in [5.41, 5.74) is 1.69. The van der Waals surface area contributed by atoms with Crippen molar-refractivity contribution in [2.75, 3.05) is 13.2 Å². The highest BCUT2D eigenvalue weighted by Gasteiger charge is 2.06. The average molecular weight is 233 g/mol. The van der Waals surface area contributed by atoms with Crippen molar-refractivity contribution in [3.63, 3.8) is 0 Å². The van der Waals surface area contributed by atoms with Crippen molar-refractivity contribution >= 4 is 5.91 Å². The minimum atomic E-state index is -0.285. The molecular formula is C13H15NO3. The van der Waals surface area contributed by atoms with Crippen molar-refractivity contribution in [1.29, 1.82) is 0 Å². The fourth-order valence-corrected chi connectivity index (χ4v) is 1.32. The van der Waals surface area contributed by atoms with Gasteiger partial charge in [-0.1, -0.05) is 23.6 Å². The van der Waals surface area contributed by atoms with E-state index < -0.39 is 0 Å². The van der Waals surface area contributed by atoms with Crippen LogP contribution < -0.4 is 10.1 Å². The van der Waals surface area contributed by atoms with Gasteiger partial charge in [0.25, 0.3) is 5.91 Å². The van der Waals surface area contributed by atoms with E-state index in [4.69, 9.17) is 16.3 Å². The van der Waals surface area contributed by atoms with E-state index in [0.717, 1.165) is 5.56 Å². The van der Waals surface area contributed by atoms with Crippen LogP contribution in [0.1, 0.15) is 11.1 Å². The molecule has 0 atom stereocenters. The topological polar surface area (TPSA) is 58.6 Å². The molecular weight excluding hydrogens is 218 g/mol. The SMILES string of the molecule is C#CCNC(=O)COc1ccc(C)cc1CO. The van der Waals surface area contributed by atoms with E-state index in [1.807, 2.05) is 19.1 Å². The van der Waals surface area contributed by atoms with Crippen LogP contribution in [0.3, 0.4) is 0 Å². The summed E-state index contributed by atoms with van der Waals surface area (Å²) in [6, 6.07) is 5.40. The molecule has 0 aliphatic heterocycles. The lowest BCUT2D eigenvalue weighted by molar-refractivity contribution is -0.122. The van der Waals surface area contributed by atoms with Gasteiger partial charge in [0.2, 0.25) is 0 Å². The molecule has 4 nitrogen and oxygen atoms in total. The Morgan fingerprint density at radius 1 is 1.59 bits per heavy atom. The molecule has 2 N–H and O–H groups in total. The van der Waals surface area contributed by atoms with Gasteiger partial charge in [-0.25, -0.2) is 0 Å². The number of ether oxygens (including phenoxy) is 1. The Bertz CT molecular complexity index is 435. The number of aliphatic hydroxyl groups is 1. The molecule has 0 aliphatic rings. The minimum absolute atomic E-state index is 0.113. The van der Waals surface area contributed by atoms with Crippen LogP contribution in [0.2, 0.25) is 0 Å². The number of carbonyl (C=O) groups excluding carboxylic acids is 1. The Kier molecular flexibility index (Phi) is 5.05. The number of hydrogen-bond donors (Lipinski definition) is 2. The molecule has 0 aliphatic carbocycles. The highest BCUT2D eigenvalue weighted by Crippen LogP contribution is 2.19. The number of hydrogen-bond acceptors (Lipinski definition) is 3. The van der Waals surface area contributed by atoms with Crippen LogP contribution in [0.15, 0.2) is 18.2 Å². The third-order valence-electron chi connectivity index (χ3n) is 2.13. The lowest BCUT2D eigenvalue weighted by Crippen LogP contribution is -2.29. The zero-order valence-corrected chi connectivity index (χ0v) is 9.69. The van der Waals surface area contributed by atoms with Crippen LogP contribution >= 0.6 is 0 Å². The molecule has 0 spiro atoms. The maximum atomic E-state index is 11.2. The Morgan fingerprint density at radius 2 is 2.35 bits per heavy atom. The summed E-state index contributed by atoms with van der Waals surface area (Å²) in [4.78, 5) is 11.2. The number of aliphatic hydroxyl groups excluding tert-OH is 1. The quantitative estimate of drug-likeness (QED) is 0.733. The van der Waals surface area contributed by atoms with Crippen molar-refractivity contribution in [2.45, 2.75) is 13.5 Å². The smallest absolute Gasteiger partial charge is 0.258 e. The van der Waals surface area contributed by atoms with Crippen LogP contribution in [-0.4, -0.2) is 24.2 Å². The van der Waals surface area contributed by atoms with Gasteiger partial charge in [0.05, 0.1) is 13.2 Å². The molecule has 1 rings (SSSR count). The lowest BCUT2D eigenvalue weighted by Gasteiger charge is -2.10. The van der Waals surface area contributed by atoms with E-state index in [2.05, 4.69) is 11.2 Å². The van der Waals surface area contributed by atoms with Crippen LogP contribution in [0.4, 0.5) is 0 Å². The maximum absolute atomic E-state index is 11.2. The molecule has 0 unspecified atom stereocenters. The normalized spacial score (nSPS) is 9.47. The molecule has 4 heteroatoms. The third kappa shape index (κ3) is 4.17. The molecule has 0 radical (unpaired) electrons. The molecule has 0 saturated carbocycles. The lowest BCUT2D eigenvalue weighted by atomic mass is 10.1. The number of nitrogens with one attached hydrogen (secondary N) is 1. The summed E-state index contributed by atoms with van der Waals surface area (Å²) in [6.07, 6.45) is 5.01. The van der Waals surface area contributed by atoms with Gasteiger partial charge in [-0.2, -0.15) is 0 Å². The molecule has 0 bridgehead atoms. The second kappa shape index (κ2) is 6.56. The summed E-state index contributed by atoms with van der Waals surface area (Å²) >= 11 is 0. The third-order valence-corrected chi connectivity index (χ3v) is 2.13. The van der Waals surface area contributed by atoms with E-state index in [1.165, 1.54) is 0 Å². The minimum Gasteiger partial charge on any atom is -0.483 e. The number of amides is 1. The predicted molar refractivity (Wildman–Crippen MR) is 64.4 cm³/mol. The molecule has 0 aromatic heterocycles. The molecule has 1 aromatic carbocycles. The summed E-state index contributed by atoms with van der Waals surface area (Å²) in [5.74, 6) is 2.52. The highest BCUT2D eigenvalue weighted by atomic mass is 16.5. The van der Waals surface area contributed by atoms with Gasteiger partial charge in [0.1, 0.15) is 5.75 Å². The molecule has 1 aromatic rings. The molecule has 1 amide bonds. The van der Waals surface area contributed by atoms with Gasteiger partial charge in [0, 0.05) is 5.56 Å². The fraction of sp³-hybridized carbons (Fsp3) is 0.308. The maximum Gasteiger partial charge on any atom is 0.258 e. The highest BCUT2D eigenvalue weighted by molar-refractivity contribution is 5.77. The van der Waals surface area contributed by atoms with Crippen LogP contribution in [0.25, 0.3) is 0 Å². The Balaban J connectivity index is 2.57. The van der Waals surface area contributed by atoms with E-state index in [9.17, 15) is 4.79 Å². The Labute approximate surface area is 101 Å².